The van der Waals surface area contributed by atoms with Crippen molar-refractivity contribution in [3.05, 3.63) is 0 Å². The summed E-state index contributed by atoms with van der Waals surface area (Å²) in [6.07, 6.45) is 3.51. The van der Waals surface area contributed by atoms with Crippen molar-refractivity contribution in [2.45, 2.75) is 52.5 Å². The maximum absolute atomic E-state index is 11.4. The Hall–Kier alpha value is -1.26. The normalized spacial score (nSPS) is 13.2. The highest BCUT2D eigenvalue weighted by Gasteiger charge is 2.04. The molecule has 0 aromatic heterocycles. The summed E-state index contributed by atoms with van der Waals surface area (Å²) in [5, 5.41) is 5.83. The summed E-state index contributed by atoms with van der Waals surface area (Å²) in [6.45, 7) is 7.42. The maximum atomic E-state index is 11.4. The number of hydrogen-bond donors (Lipinski definition) is 3. The molecule has 0 rings (SSSR count). The fourth-order valence-corrected chi connectivity index (χ4v) is 1.17. The van der Waals surface area contributed by atoms with Crippen molar-refractivity contribution in [2.24, 2.45) is 10.7 Å². The van der Waals surface area contributed by atoms with Gasteiger partial charge in [-0.05, 0) is 19.8 Å². The van der Waals surface area contributed by atoms with Crippen LogP contribution in [0.25, 0.3) is 0 Å². The zero-order chi connectivity index (χ0) is 13.1. The molecule has 1 unspecified atom stereocenters. The summed E-state index contributed by atoms with van der Waals surface area (Å²) < 4.78 is 0. The molecule has 0 heterocycles. The second-order valence-corrected chi connectivity index (χ2v) is 4.17. The minimum absolute atomic E-state index is 0.0493. The lowest BCUT2D eigenvalue weighted by Crippen LogP contribution is -2.37. The van der Waals surface area contributed by atoms with Crippen molar-refractivity contribution in [1.29, 1.82) is 0 Å². The molecule has 0 bridgehead atoms. The molecule has 5 heteroatoms. The first-order chi connectivity index (χ1) is 8.10. The molecule has 100 valence electrons. The predicted octanol–water partition coefficient (Wildman–Crippen LogP) is 0.996. The quantitative estimate of drug-likeness (QED) is 0.337. The summed E-state index contributed by atoms with van der Waals surface area (Å²) in [4.78, 5) is 15.6. The van der Waals surface area contributed by atoms with Crippen LogP contribution in [0.4, 0.5) is 0 Å². The molecule has 5 nitrogen and oxygen atoms in total. The second kappa shape index (κ2) is 9.93. The monoisotopic (exact) mass is 242 g/mol. The van der Waals surface area contributed by atoms with E-state index in [1.807, 2.05) is 13.8 Å². The Morgan fingerprint density at radius 3 is 2.71 bits per heavy atom. The molecule has 1 amide bonds. The van der Waals surface area contributed by atoms with Crippen molar-refractivity contribution in [3.63, 3.8) is 0 Å². The molecule has 0 aliphatic rings. The number of nitrogens with zero attached hydrogens (tertiary/aromatic N) is 1. The number of unbranched alkanes of at least 4 members (excludes halogenated alkanes) is 1. The van der Waals surface area contributed by atoms with Crippen LogP contribution in [-0.4, -0.2) is 31.0 Å². The number of carbonyl (C=O) groups excluding carboxylic acids is 1. The first kappa shape index (κ1) is 15.7. The Balaban J connectivity index is 3.61. The van der Waals surface area contributed by atoms with Crippen molar-refractivity contribution in [1.82, 2.24) is 10.6 Å². The first-order valence-electron chi connectivity index (χ1n) is 6.43. The van der Waals surface area contributed by atoms with E-state index in [1.54, 1.807) is 0 Å². The molecule has 0 aromatic carbocycles. The lowest BCUT2D eigenvalue weighted by molar-refractivity contribution is -0.121. The van der Waals surface area contributed by atoms with E-state index in [-0.39, 0.29) is 11.9 Å². The second-order valence-electron chi connectivity index (χ2n) is 4.17. The van der Waals surface area contributed by atoms with Gasteiger partial charge in [-0.25, -0.2) is 0 Å². The minimum Gasteiger partial charge on any atom is -0.370 e. The van der Waals surface area contributed by atoms with Crippen molar-refractivity contribution in [2.75, 3.05) is 13.1 Å². The van der Waals surface area contributed by atoms with E-state index in [9.17, 15) is 4.79 Å². The molecule has 0 radical (unpaired) electrons. The molecular formula is C12H26N4O. The van der Waals surface area contributed by atoms with Crippen LogP contribution < -0.4 is 16.4 Å². The largest absolute Gasteiger partial charge is 0.370 e. The summed E-state index contributed by atoms with van der Waals surface area (Å²) in [5.41, 5.74) is 5.64. The summed E-state index contributed by atoms with van der Waals surface area (Å²) in [7, 11) is 0. The van der Waals surface area contributed by atoms with Gasteiger partial charge in [-0.2, -0.15) is 0 Å². The Bertz CT molecular complexity index is 241. The van der Waals surface area contributed by atoms with Gasteiger partial charge in [0.15, 0.2) is 5.96 Å². The minimum atomic E-state index is 0.0493. The van der Waals surface area contributed by atoms with E-state index in [0.29, 0.717) is 18.9 Å². The van der Waals surface area contributed by atoms with Crippen LogP contribution in [0.1, 0.15) is 46.5 Å². The summed E-state index contributed by atoms with van der Waals surface area (Å²) in [5.74, 6) is 0.475. The zero-order valence-electron chi connectivity index (χ0n) is 11.3. The van der Waals surface area contributed by atoms with Crippen LogP contribution in [0.15, 0.2) is 4.99 Å². The lowest BCUT2D eigenvalue weighted by Gasteiger charge is -2.11. The number of hydrogen-bond acceptors (Lipinski definition) is 2. The van der Waals surface area contributed by atoms with Crippen LogP contribution in [0.2, 0.25) is 0 Å². The Morgan fingerprint density at radius 2 is 2.12 bits per heavy atom. The standard InChI is InChI=1S/C12H26N4O/c1-4-6-8-14-12(13)15-9-7-11(17)16-10(3)5-2/h10H,4-9H2,1-3H3,(H,16,17)(H3,13,14,15). The molecule has 0 aliphatic heterocycles. The molecule has 0 aliphatic carbocycles. The first-order valence-corrected chi connectivity index (χ1v) is 6.43. The van der Waals surface area contributed by atoms with E-state index in [1.165, 1.54) is 0 Å². The van der Waals surface area contributed by atoms with Crippen LogP contribution in [-0.2, 0) is 4.79 Å². The topological polar surface area (TPSA) is 79.5 Å². The Kier molecular flexibility index (Phi) is 9.19. The average molecular weight is 242 g/mol. The number of aliphatic imine (C=N–C) groups is 1. The number of guanidine groups is 1. The third kappa shape index (κ3) is 9.66. The number of carbonyl (C=O) groups is 1. The van der Waals surface area contributed by atoms with Gasteiger partial charge in [0.05, 0.1) is 0 Å². The van der Waals surface area contributed by atoms with Gasteiger partial charge in [-0.1, -0.05) is 20.3 Å². The van der Waals surface area contributed by atoms with Gasteiger partial charge < -0.3 is 16.4 Å². The highest BCUT2D eigenvalue weighted by Crippen LogP contribution is 1.89. The lowest BCUT2D eigenvalue weighted by atomic mass is 10.2. The molecule has 4 N–H and O–H groups in total. The highest BCUT2D eigenvalue weighted by molar-refractivity contribution is 5.80. The van der Waals surface area contributed by atoms with Crippen molar-refractivity contribution < 1.29 is 4.79 Å². The number of amides is 1. The van der Waals surface area contributed by atoms with Crippen LogP contribution >= 0.6 is 0 Å². The Morgan fingerprint density at radius 1 is 1.41 bits per heavy atom. The zero-order valence-corrected chi connectivity index (χ0v) is 11.3. The van der Waals surface area contributed by atoms with Crippen LogP contribution in [0.5, 0.6) is 0 Å². The molecule has 0 saturated heterocycles. The van der Waals surface area contributed by atoms with Crippen molar-refractivity contribution >= 4 is 11.9 Å². The van der Waals surface area contributed by atoms with E-state index < -0.39 is 0 Å². The van der Waals surface area contributed by atoms with E-state index in [4.69, 9.17) is 5.73 Å². The summed E-state index contributed by atoms with van der Waals surface area (Å²) >= 11 is 0. The third-order valence-corrected chi connectivity index (χ3v) is 2.47. The molecular weight excluding hydrogens is 216 g/mol. The summed E-state index contributed by atoms with van der Waals surface area (Å²) in [6, 6.07) is 0.234. The Labute approximate surface area is 104 Å². The number of nitrogens with one attached hydrogen (secondary N) is 2. The van der Waals surface area contributed by atoms with E-state index in [2.05, 4.69) is 22.5 Å². The van der Waals surface area contributed by atoms with Gasteiger partial charge in [0.25, 0.3) is 0 Å². The van der Waals surface area contributed by atoms with E-state index >= 15 is 0 Å². The molecule has 0 aromatic rings. The number of nitrogens with two attached hydrogens (primary N) is 1. The van der Waals surface area contributed by atoms with Gasteiger partial charge >= 0.3 is 0 Å². The van der Waals surface area contributed by atoms with Crippen LogP contribution in [0.3, 0.4) is 0 Å². The molecule has 0 spiro atoms. The molecule has 1 atom stereocenters. The van der Waals surface area contributed by atoms with Gasteiger partial charge in [0.2, 0.25) is 5.91 Å². The van der Waals surface area contributed by atoms with Crippen LogP contribution in [0, 0.1) is 0 Å². The average Bonchev–Trinajstić information content (AvgIpc) is 2.29. The van der Waals surface area contributed by atoms with Gasteiger partial charge in [0, 0.05) is 25.6 Å². The molecule has 17 heavy (non-hydrogen) atoms. The van der Waals surface area contributed by atoms with Gasteiger partial charge in [-0.15, -0.1) is 0 Å². The molecule has 0 fully saturated rings. The van der Waals surface area contributed by atoms with E-state index in [0.717, 1.165) is 25.8 Å². The molecule has 0 saturated carbocycles. The third-order valence-electron chi connectivity index (χ3n) is 2.47. The van der Waals surface area contributed by atoms with Crippen molar-refractivity contribution in [3.8, 4) is 0 Å². The van der Waals surface area contributed by atoms with Gasteiger partial charge in [-0.3, -0.25) is 9.79 Å². The smallest absolute Gasteiger partial charge is 0.221 e. The maximum Gasteiger partial charge on any atom is 0.221 e. The number of rotatable bonds is 8. The predicted molar refractivity (Wildman–Crippen MR) is 71.9 cm³/mol. The fourth-order valence-electron chi connectivity index (χ4n) is 1.17. The van der Waals surface area contributed by atoms with Gasteiger partial charge in [0.1, 0.15) is 0 Å². The highest BCUT2D eigenvalue weighted by atomic mass is 16.1. The fraction of sp³-hybridized carbons (Fsp3) is 0.833. The SMILES string of the molecule is CCCCN=C(N)NCCC(=O)NC(C)CC.